The summed E-state index contributed by atoms with van der Waals surface area (Å²) in [7, 11) is -3.62. The van der Waals surface area contributed by atoms with Crippen LogP contribution in [0, 0.1) is 0 Å². The van der Waals surface area contributed by atoms with Crippen LogP contribution in [0.1, 0.15) is 25.3 Å². The molecule has 1 aliphatic heterocycles. The number of benzene rings is 2. The van der Waals surface area contributed by atoms with Crippen molar-refractivity contribution in [3.05, 3.63) is 59.1 Å². The lowest BCUT2D eigenvalue weighted by molar-refractivity contribution is -0.135. The predicted molar refractivity (Wildman–Crippen MR) is 125 cm³/mol. The highest BCUT2D eigenvalue weighted by molar-refractivity contribution is 7.89. The highest BCUT2D eigenvalue weighted by atomic mass is 35.5. The maximum absolute atomic E-state index is 12.6. The zero-order valence-electron chi connectivity index (χ0n) is 18.3. The van der Waals surface area contributed by atoms with Gasteiger partial charge < -0.3 is 9.64 Å². The zero-order chi connectivity index (χ0) is 23.0. The first kappa shape index (κ1) is 24.5. The monoisotopic (exact) mass is 479 g/mol. The highest BCUT2D eigenvalue weighted by Gasteiger charge is 2.22. The van der Waals surface area contributed by atoms with Crippen molar-refractivity contribution >= 4 is 27.5 Å². The minimum absolute atomic E-state index is 0.0758. The van der Waals surface area contributed by atoms with Crippen LogP contribution in [0.15, 0.2) is 53.4 Å². The van der Waals surface area contributed by atoms with E-state index < -0.39 is 10.0 Å². The molecule has 1 heterocycles. The number of nitrogens with one attached hydrogen (secondary N) is 1. The fourth-order valence-electron chi connectivity index (χ4n) is 3.46. The predicted octanol–water partition coefficient (Wildman–Crippen LogP) is 3.14. The van der Waals surface area contributed by atoms with Gasteiger partial charge in [-0.3, -0.25) is 9.69 Å². The van der Waals surface area contributed by atoms with Gasteiger partial charge in [-0.05, 0) is 30.2 Å². The molecule has 1 N–H and O–H groups in total. The smallest absolute Gasteiger partial charge is 0.260 e. The Morgan fingerprint density at radius 2 is 1.81 bits per heavy atom. The van der Waals surface area contributed by atoms with Gasteiger partial charge >= 0.3 is 0 Å². The SMILES string of the molecule is CCCCNS(=O)(=O)c1ccc(OCC(=O)N2CCN(Cc3ccccc3)CC2)c(Cl)c1. The van der Waals surface area contributed by atoms with E-state index in [1.54, 1.807) is 4.90 Å². The maximum atomic E-state index is 12.6. The molecule has 0 radical (unpaired) electrons. The van der Waals surface area contributed by atoms with Gasteiger partial charge in [-0.25, -0.2) is 13.1 Å². The highest BCUT2D eigenvalue weighted by Crippen LogP contribution is 2.27. The zero-order valence-corrected chi connectivity index (χ0v) is 19.9. The second-order valence-corrected chi connectivity index (χ2v) is 9.95. The quantitative estimate of drug-likeness (QED) is 0.529. The molecule has 1 saturated heterocycles. The lowest BCUT2D eigenvalue weighted by Crippen LogP contribution is -2.49. The Balaban J connectivity index is 1.47. The lowest BCUT2D eigenvalue weighted by atomic mass is 10.2. The minimum atomic E-state index is -3.62. The van der Waals surface area contributed by atoms with Crippen molar-refractivity contribution in [1.82, 2.24) is 14.5 Å². The summed E-state index contributed by atoms with van der Waals surface area (Å²) in [6.07, 6.45) is 1.66. The number of hydrogen-bond acceptors (Lipinski definition) is 5. The summed E-state index contributed by atoms with van der Waals surface area (Å²) in [6, 6.07) is 14.5. The van der Waals surface area contributed by atoms with E-state index in [1.807, 2.05) is 25.1 Å². The molecule has 32 heavy (non-hydrogen) atoms. The average molecular weight is 480 g/mol. The first-order valence-electron chi connectivity index (χ1n) is 10.8. The Kier molecular flexibility index (Phi) is 8.92. The fraction of sp³-hybridized carbons (Fsp3) is 0.435. The number of unbranched alkanes of at least 4 members (excludes halogenated alkanes) is 1. The van der Waals surface area contributed by atoms with Crippen molar-refractivity contribution in [2.24, 2.45) is 0 Å². The molecule has 7 nitrogen and oxygen atoms in total. The Hall–Kier alpha value is -2.13. The molecule has 0 aliphatic carbocycles. The van der Waals surface area contributed by atoms with Crippen LogP contribution in [0.3, 0.4) is 0 Å². The van der Waals surface area contributed by atoms with Crippen molar-refractivity contribution in [1.29, 1.82) is 0 Å². The fourth-order valence-corrected chi connectivity index (χ4v) is 4.86. The van der Waals surface area contributed by atoms with E-state index in [-0.39, 0.29) is 28.2 Å². The van der Waals surface area contributed by atoms with Gasteiger partial charge in [0.1, 0.15) is 5.75 Å². The summed E-state index contributed by atoms with van der Waals surface area (Å²) in [5, 5.41) is 0.156. The number of hydrogen-bond donors (Lipinski definition) is 1. The number of carbonyl (C=O) groups excluding carboxylic acids is 1. The number of piperazine rings is 1. The van der Waals surface area contributed by atoms with E-state index in [4.69, 9.17) is 16.3 Å². The lowest BCUT2D eigenvalue weighted by Gasteiger charge is -2.34. The van der Waals surface area contributed by atoms with E-state index in [2.05, 4.69) is 21.8 Å². The number of amides is 1. The van der Waals surface area contributed by atoms with Crippen LogP contribution in [0.2, 0.25) is 5.02 Å². The van der Waals surface area contributed by atoms with E-state index in [0.29, 0.717) is 19.6 Å². The third kappa shape index (κ3) is 6.93. The standard InChI is InChI=1S/C23H30ClN3O4S/c1-2-3-11-25-32(29,30)20-9-10-22(21(24)16-20)31-18-23(28)27-14-12-26(13-15-27)17-19-7-5-4-6-8-19/h4-10,16,25H,2-3,11-15,17-18H2,1H3. The molecule has 0 unspecified atom stereocenters. The van der Waals surface area contributed by atoms with Crippen molar-refractivity contribution in [2.45, 2.75) is 31.2 Å². The minimum Gasteiger partial charge on any atom is -0.482 e. The van der Waals surface area contributed by atoms with E-state index >= 15 is 0 Å². The Morgan fingerprint density at radius 3 is 2.47 bits per heavy atom. The average Bonchev–Trinajstić information content (AvgIpc) is 2.79. The summed E-state index contributed by atoms with van der Waals surface area (Å²) >= 11 is 6.21. The number of ether oxygens (including phenoxy) is 1. The number of nitrogens with zero attached hydrogens (tertiary/aromatic N) is 2. The molecular formula is C23H30ClN3O4S. The molecular weight excluding hydrogens is 450 g/mol. The number of halogens is 1. The third-order valence-corrected chi connectivity index (χ3v) is 7.12. The van der Waals surface area contributed by atoms with Gasteiger partial charge in [0, 0.05) is 39.3 Å². The second-order valence-electron chi connectivity index (χ2n) is 7.77. The van der Waals surface area contributed by atoms with Crippen LogP contribution >= 0.6 is 11.6 Å². The molecule has 2 aromatic carbocycles. The Bertz CT molecular complexity index is 994. The van der Waals surface area contributed by atoms with Crippen molar-refractivity contribution in [3.8, 4) is 5.75 Å². The Morgan fingerprint density at radius 1 is 1.09 bits per heavy atom. The molecule has 3 rings (SSSR count). The van der Waals surface area contributed by atoms with Gasteiger partial charge in [-0.15, -0.1) is 0 Å². The maximum Gasteiger partial charge on any atom is 0.260 e. The molecule has 0 spiro atoms. The van der Waals surface area contributed by atoms with Gasteiger partial charge in [0.05, 0.1) is 9.92 Å². The van der Waals surface area contributed by atoms with Crippen molar-refractivity contribution in [3.63, 3.8) is 0 Å². The van der Waals surface area contributed by atoms with Crippen LogP contribution < -0.4 is 9.46 Å². The van der Waals surface area contributed by atoms with Crippen LogP contribution in [0.5, 0.6) is 5.75 Å². The van der Waals surface area contributed by atoms with Gasteiger partial charge in [0.25, 0.3) is 5.91 Å². The summed E-state index contributed by atoms with van der Waals surface area (Å²) in [4.78, 5) is 16.7. The first-order chi connectivity index (χ1) is 15.4. The molecule has 1 fully saturated rings. The van der Waals surface area contributed by atoms with Gasteiger partial charge in [-0.2, -0.15) is 0 Å². The van der Waals surface area contributed by atoms with Crippen LogP contribution in [-0.2, 0) is 21.4 Å². The largest absolute Gasteiger partial charge is 0.482 e. The summed E-state index contributed by atoms with van der Waals surface area (Å²) < 4.78 is 32.8. The van der Waals surface area contributed by atoms with Gasteiger partial charge in [0.15, 0.2) is 6.61 Å². The third-order valence-electron chi connectivity index (χ3n) is 5.36. The van der Waals surface area contributed by atoms with E-state index in [9.17, 15) is 13.2 Å². The number of sulfonamides is 1. The molecule has 174 valence electrons. The summed E-state index contributed by atoms with van der Waals surface area (Å²) in [5.41, 5.74) is 1.26. The molecule has 1 aliphatic rings. The molecule has 0 bridgehead atoms. The van der Waals surface area contributed by atoms with Crippen molar-refractivity contribution < 1.29 is 17.9 Å². The summed E-state index contributed by atoms with van der Waals surface area (Å²) in [6.45, 7) is 5.99. The number of rotatable bonds is 10. The molecule has 9 heteroatoms. The molecule has 0 aromatic heterocycles. The van der Waals surface area contributed by atoms with Gasteiger partial charge in [-0.1, -0.05) is 55.3 Å². The molecule has 0 atom stereocenters. The number of carbonyl (C=O) groups is 1. The van der Waals surface area contributed by atoms with Crippen LogP contribution in [0.25, 0.3) is 0 Å². The Labute approximate surface area is 195 Å². The summed E-state index contributed by atoms with van der Waals surface area (Å²) in [5.74, 6) is 0.175. The molecule has 1 amide bonds. The normalized spacial score (nSPS) is 15.0. The van der Waals surface area contributed by atoms with Crippen LogP contribution in [-0.4, -0.2) is 63.5 Å². The van der Waals surface area contributed by atoms with E-state index in [0.717, 1.165) is 32.5 Å². The van der Waals surface area contributed by atoms with Crippen molar-refractivity contribution in [2.75, 3.05) is 39.3 Å². The second kappa shape index (κ2) is 11.7. The first-order valence-corrected chi connectivity index (χ1v) is 12.7. The van der Waals surface area contributed by atoms with Gasteiger partial charge in [0.2, 0.25) is 10.0 Å². The topological polar surface area (TPSA) is 78.9 Å². The molecule has 0 saturated carbocycles. The van der Waals surface area contributed by atoms with Crippen LogP contribution in [0.4, 0.5) is 0 Å². The van der Waals surface area contributed by atoms with E-state index in [1.165, 1.54) is 23.8 Å². The molecule has 2 aromatic rings.